The van der Waals surface area contributed by atoms with E-state index in [1.807, 2.05) is 6.07 Å². The summed E-state index contributed by atoms with van der Waals surface area (Å²) in [6.45, 7) is 0. The van der Waals surface area contributed by atoms with Gasteiger partial charge in [-0.3, -0.25) is 0 Å². The molecule has 0 aliphatic carbocycles. The van der Waals surface area contributed by atoms with Gasteiger partial charge in [0.25, 0.3) is 0 Å². The molecule has 0 fully saturated rings. The van der Waals surface area contributed by atoms with Crippen LogP contribution in [0.25, 0.3) is 11.1 Å². The lowest BCUT2D eigenvalue weighted by molar-refractivity contribution is 1.54. The summed E-state index contributed by atoms with van der Waals surface area (Å²) in [5.74, 6) is 0. The quantitative estimate of drug-likeness (QED) is 0.194. The van der Waals surface area contributed by atoms with Crippen LogP contribution >= 0.6 is 0 Å². The molecule has 0 unspecified atom stereocenters. The highest BCUT2D eigenvalue weighted by atomic mass is 28.3. The standard InChI is InChI=1S/C36H29NSi/c1-6-16-29(17-7-1)35-28-34(26-27-36(35)37-30-18-8-2-9-19-30)38(31-20-10-3-11-21-31,32-22-12-4-13-23-32)33-24-14-5-15-25-33/h1-28,37H. The Kier molecular flexibility index (Phi) is 6.71. The highest BCUT2D eigenvalue weighted by molar-refractivity contribution is 7.19. The molecule has 0 heterocycles. The smallest absolute Gasteiger partial charge is 0.179 e. The minimum absolute atomic E-state index is 1.08. The highest BCUT2D eigenvalue weighted by Gasteiger charge is 2.41. The fourth-order valence-corrected chi connectivity index (χ4v) is 10.3. The summed E-state index contributed by atoms with van der Waals surface area (Å²) in [4.78, 5) is 0. The monoisotopic (exact) mass is 503 g/mol. The normalized spacial score (nSPS) is 11.2. The van der Waals surface area contributed by atoms with E-state index in [1.165, 1.54) is 31.9 Å². The fourth-order valence-electron chi connectivity index (χ4n) is 5.48. The maximum Gasteiger partial charge on any atom is 0.179 e. The maximum absolute atomic E-state index is 3.68. The van der Waals surface area contributed by atoms with Crippen LogP contribution in [0.15, 0.2) is 170 Å². The zero-order valence-corrected chi connectivity index (χ0v) is 22.2. The van der Waals surface area contributed by atoms with Crippen LogP contribution in [-0.2, 0) is 0 Å². The van der Waals surface area contributed by atoms with Gasteiger partial charge in [0.15, 0.2) is 8.07 Å². The zero-order valence-electron chi connectivity index (χ0n) is 21.2. The van der Waals surface area contributed by atoms with Gasteiger partial charge >= 0.3 is 0 Å². The Balaban J connectivity index is 1.65. The van der Waals surface area contributed by atoms with Gasteiger partial charge in [0.05, 0.1) is 0 Å². The number of rotatable bonds is 7. The molecule has 0 radical (unpaired) electrons. The first kappa shape index (κ1) is 23.7. The molecule has 182 valence electrons. The summed E-state index contributed by atoms with van der Waals surface area (Å²) in [7, 11) is -2.61. The van der Waals surface area contributed by atoms with E-state index in [1.54, 1.807) is 0 Å². The van der Waals surface area contributed by atoms with Crippen molar-refractivity contribution in [1.29, 1.82) is 0 Å². The topological polar surface area (TPSA) is 12.0 Å². The van der Waals surface area contributed by atoms with Crippen molar-refractivity contribution in [1.82, 2.24) is 0 Å². The number of hydrogen-bond donors (Lipinski definition) is 1. The van der Waals surface area contributed by atoms with Gasteiger partial charge in [0.2, 0.25) is 0 Å². The van der Waals surface area contributed by atoms with E-state index < -0.39 is 8.07 Å². The fraction of sp³-hybridized carbons (Fsp3) is 0. The van der Waals surface area contributed by atoms with Crippen LogP contribution in [0.3, 0.4) is 0 Å². The summed E-state index contributed by atoms with van der Waals surface area (Å²) in [5, 5.41) is 9.17. The Morgan fingerprint density at radius 3 is 1.26 bits per heavy atom. The van der Waals surface area contributed by atoms with E-state index in [4.69, 9.17) is 0 Å². The molecule has 1 N–H and O–H groups in total. The minimum atomic E-state index is -2.61. The summed E-state index contributed by atoms with van der Waals surface area (Å²) in [6.07, 6.45) is 0. The number of anilines is 2. The maximum atomic E-state index is 3.68. The molecular weight excluding hydrogens is 474 g/mol. The molecule has 0 bridgehead atoms. The van der Waals surface area contributed by atoms with Crippen molar-refractivity contribution in [3.05, 3.63) is 170 Å². The zero-order chi connectivity index (χ0) is 25.6. The van der Waals surface area contributed by atoms with E-state index in [9.17, 15) is 0 Å². The summed E-state index contributed by atoms with van der Waals surface area (Å²) >= 11 is 0. The number of hydrogen-bond acceptors (Lipinski definition) is 1. The molecule has 0 saturated carbocycles. The van der Waals surface area contributed by atoms with Crippen LogP contribution in [0, 0.1) is 0 Å². The van der Waals surface area contributed by atoms with Crippen LogP contribution < -0.4 is 26.1 Å². The second-order valence-corrected chi connectivity index (χ2v) is 13.3. The predicted molar refractivity (Wildman–Crippen MR) is 165 cm³/mol. The van der Waals surface area contributed by atoms with Crippen LogP contribution in [0.4, 0.5) is 11.4 Å². The summed E-state index contributed by atoms with van der Waals surface area (Å²) in [5.41, 5.74) is 4.58. The van der Waals surface area contributed by atoms with Crippen LogP contribution in [0.1, 0.15) is 0 Å². The lowest BCUT2D eigenvalue weighted by Gasteiger charge is -2.35. The highest BCUT2D eigenvalue weighted by Crippen LogP contribution is 2.30. The second-order valence-electron chi connectivity index (χ2n) is 9.47. The molecule has 6 aromatic carbocycles. The Morgan fingerprint density at radius 2 is 0.789 bits per heavy atom. The van der Waals surface area contributed by atoms with E-state index in [0.29, 0.717) is 0 Å². The van der Waals surface area contributed by atoms with E-state index in [-0.39, 0.29) is 0 Å². The van der Waals surface area contributed by atoms with Crippen molar-refractivity contribution >= 4 is 40.2 Å². The number of benzene rings is 6. The molecule has 0 spiro atoms. The van der Waals surface area contributed by atoms with Gasteiger partial charge in [-0.15, -0.1) is 0 Å². The Labute approximate surface area is 226 Å². The molecule has 6 rings (SSSR count). The van der Waals surface area contributed by atoms with Crippen molar-refractivity contribution in [2.24, 2.45) is 0 Å². The average molecular weight is 504 g/mol. The molecule has 6 aromatic rings. The molecule has 0 aliphatic rings. The Bertz CT molecular complexity index is 1500. The van der Waals surface area contributed by atoms with Gasteiger partial charge in [-0.1, -0.05) is 152 Å². The molecule has 38 heavy (non-hydrogen) atoms. The van der Waals surface area contributed by atoms with Gasteiger partial charge in [0.1, 0.15) is 0 Å². The van der Waals surface area contributed by atoms with Gasteiger partial charge < -0.3 is 5.32 Å². The number of nitrogens with one attached hydrogen (secondary N) is 1. The first-order valence-corrected chi connectivity index (χ1v) is 15.0. The Hall–Kier alpha value is -4.66. The largest absolute Gasteiger partial charge is 0.355 e. The van der Waals surface area contributed by atoms with Crippen molar-refractivity contribution in [2.75, 3.05) is 5.32 Å². The Morgan fingerprint density at radius 1 is 0.368 bits per heavy atom. The summed E-state index contributed by atoms with van der Waals surface area (Å²) < 4.78 is 0. The molecule has 0 aliphatic heterocycles. The van der Waals surface area contributed by atoms with Crippen LogP contribution in [-0.4, -0.2) is 8.07 Å². The third kappa shape index (κ3) is 4.47. The van der Waals surface area contributed by atoms with Gasteiger partial charge in [-0.05, 0) is 44.5 Å². The third-order valence-electron chi connectivity index (χ3n) is 7.21. The van der Waals surface area contributed by atoms with E-state index in [0.717, 1.165) is 11.4 Å². The molecule has 0 aromatic heterocycles. The van der Waals surface area contributed by atoms with Crippen LogP contribution in [0.2, 0.25) is 0 Å². The van der Waals surface area contributed by atoms with Crippen molar-refractivity contribution in [2.45, 2.75) is 0 Å². The minimum Gasteiger partial charge on any atom is -0.355 e. The third-order valence-corrected chi connectivity index (χ3v) is 12.0. The lowest BCUT2D eigenvalue weighted by Crippen LogP contribution is -2.74. The molecular formula is C36H29NSi. The first-order chi connectivity index (χ1) is 18.9. The van der Waals surface area contributed by atoms with Gasteiger partial charge in [-0.25, -0.2) is 0 Å². The SMILES string of the molecule is c1ccc(Nc2ccc([Si](c3ccccc3)(c3ccccc3)c3ccccc3)cc2-c2ccccc2)cc1. The van der Waals surface area contributed by atoms with Crippen molar-refractivity contribution in [3.63, 3.8) is 0 Å². The molecule has 1 nitrogen and oxygen atoms in total. The van der Waals surface area contributed by atoms with E-state index in [2.05, 4.69) is 169 Å². The molecule has 0 saturated heterocycles. The molecule has 2 heteroatoms. The second kappa shape index (κ2) is 10.8. The molecule has 0 amide bonds. The van der Waals surface area contributed by atoms with Crippen molar-refractivity contribution in [3.8, 4) is 11.1 Å². The number of para-hydroxylation sites is 1. The van der Waals surface area contributed by atoms with Crippen LogP contribution in [0.5, 0.6) is 0 Å². The average Bonchev–Trinajstić information content (AvgIpc) is 3.01. The summed E-state index contributed by atoms with van der Waals surface area (Å²) in [6, 6.07) is 61.4. The first-order valence-electron chi connectivity index (χ1n) is 13.0. The van der Waals surface area contributed by atoms with Gasteiger partial charge in [0, 0.05) is 16.9 Å². The molecule has 0 atom stereocenters. The van der Waals surface area contributed by atoms with E-state index >= 15 is 0 Å². The van der Waals surface area contributed by atoms with Gasteiger partial charge in [-0.2, -0.15) is 0 Å². The predicted octanol–water partition coefficient (Wildman–Crippen LogP) is 6.47. The lowest BCUT2D eigenvalue weighted by atomic mass is 10.0. The van der Waals surface area contributed by atoms with Crippen molar-refractivity contribution < 1.29 is 0 Å².